The van der Waals surface area contributed by atoms with Crippen molar-refractivity contribution in [2.24, 2.45) is 5.73 Å². The van der Waals surface area contributed by atoms with Gasteiger partial charge in [-0.25, -0.2) is 0 Å². The van der Waals surface area contributed by atoms with Crippen molar-refractivity contribution < 1.29 is 0 Å². The lowest BCUT2D eigenvalue weighted by molar-refractivity contribution is 0.699. The molecule has 0 amide bonds. The quantitative estimate of drug-likeness (QED) is 0.847. The van der Waals surface area contributed by atoms with Crippen molar-refractivity contribution in [2.75, 3.05) is 23.0 Å². The molecule has 1 aliphatic heterocycles. The Morgan fingerprint density at radius 3 is 3.00 bits per heavy atom. The third-order valence-electron chi connectivity index (χ3n) is 2.90. The Labute approximate surface area is 117 Å². The molecule has 17 heavy (non-hydrogen) atoms. The number of halogens is 1. The maximum Gasteiger partial charge on any atom is 0.106 e. The molecule has 0 spiro atoms. The van der Waals surface area contributed by atoms with E-state index < -0.39 is 0 Å². The summed E-state index contributed by atoms with van der Waals surface area (Å²) < 4.78 is 0. The van der Waals surface area contributed by atoms with Crippen LogP contribution in [-0.2, 0) is 0 Å². The van der Waals surface area contributed by atoms with Crippen LogP contribution in [0, 0.1) is 0 Å². The van der Waals surface area contributed by atoms with E-state index in [1.54, 1.807) is 0 Å². The van der Waals surface area contributed by atoms with Gasteiger partial charge in [0, 0.05) is 40.4 Å². The monoisotopic (exact) mass is 286 g/mol. The van der Waals surface area contributed by atoms with E-state index in [9.17, 15) is 0 Å². The molecule has 1 atom stereocenters. The van der Waals surface area contributed by atoms with Crippen molar-refractivity contribution in [3.63, 3.8) is 0 Å². The molecule has 1 unspecified atom stereocenters. The van der Waals surface area contributed by atoms with E-state index in [0.29, 0.717) is 11.0 Å². The summed E-state index contributed by atoms with van der Waals surface area (Å²) in [4.78, 5) is 2.78. The topological polar surface area (TPSA) is 29.3 Å². The first-order valence-corrected chi connectivity index (χ1v) is 7.47. The van der Waals surface area contributed by atoms with Crippen LogP contribution in [-0.4, -0.2) is 29.1 Å². The molecule has 2 rings (SSSR count). The van der Waals surface area contributed by atoms with Crippen molar-refractivity contribution in [1.29, 1.82) is 0 Å². The van der Waals surface area contributed by atoms with Crippen LogP contribution in [0.4, 0.5) is 5.69 Å². The number of hydrogen-bond donors (Lipinski definition) is 1. The zero-order valence-electron chi connectivity index (χ0n) is 9.65. The maximum absolute atomic E-state index is 6.07. The van der Waals surface area contributed by atoms with E-state index in [0.717, 1.165) is 34.3 Å². The van der Waals surface area contributed by atoms with Gasteiger partial charge in [0.15, 0.2) is 0 Å². The smallest absolute Gasteiger partial charge is 0.106 e. The van der Waals surface area contributed by atoms with Gasteiger partial charge in [-0.1, -0.05) is 23.8 Å². The lowest BCUT2D eigenvalue weighted by atomic mass is 10.1. The van der Waals surface area contributed by atoms with E-state index >= 15 is 0 Å². The Morgan fingerprint density at radius 1 is 1.59 bits per heavy atom. The SMILES string of the molecule is CC1CSCCN1c1cc(Cl)ccc1C(N)=S. The van der Waals surface area contributed by atoms with Crippen LogP contribution in [0.5, 0.6) is 0 Å². The van der Waals surface area contributed by atoms with Gasteiger partial charge in [-0.15, -0.1) is 0 Å². The van der Waals surface area contributed by atoms with Gasteiger partial charge in [0.1, 0.15) is 4.99 Å². The van der Waals surface area contributed by atoms with Gasteiger partial charge in [-0.2, -0.15) is 11.8 Å². The summed E-state index contributed by atoms with van der Waals surface area (Å²) in [6.07, 6.45) is 0. The first-order valence-electron chi connectivity index (χ1n) is 5.53. The number of nitrogens with zero attached hydrogens (tertiary/aromatic N) is 1. The molecule has 92 valence electrons. The van der Waals surface area contributed by atoms with Crippen molar-refractivity contribution >= 4 is 46.3 Å². The number of nitrogens with two attached hydrogens (primary N) is 1. The highest BCUT2D eigenvalue weighted by molar-refractivity contribution is 7.99. The molecule has 0 bridgehead atoms. The second-order valence-corrected chi connectivity index (χ2v) is 6.17. The van der Waals surface area contributed by atoms with E-state index in [4.69, 9.17) is 29.6 Å². The second kappa shape index (κ2) is 5.46. The number of anilines is 1. The van der Waals surface area contributed by atoms with Gasteiger partial charge in [-0.3, -0.25) is 0 Å². The van der Waals surface area contributed by atoms with E-state index in [1.165, 1.54) is 0 Å². The van der Waals surface area contributed by atoms with Crippen LogP contribution in [0.2, 0.25) is 5.02 Å². The van der Waals surface area contributed by atoms with E-state index in [-0.39, 0.29) is 0 Å². The first-order chi connectivity index (χ1) is 8.09. The molecule has 0 aliphatic carbocycles. The fraction of sp³-hybridized carbons (Fsp3) is 0.417. The molecule has 1 fully saturated rings. The third-order valence-corrected chi connectivity index (χ3v) is 4.55. The molecule has 2 N–H and O–H groups in total. The average Bonchev–Trinajstić information content (AvgIpc) is 2.29. The molecule has 0 saturated carbocycles. The fourth-order valence-electron chi connectivity index (χ4n) is 2.04. The average molecular weight is 287 g/mol. The molecule has 1 saturated heterocycles. The normalized spacial score (nSPS) is 20.4. The molecule has 0 aromatic heterocycles. The molecule has 1 heterocycles. The number of thioether (sulfide) groups is 1. The maximum atomic E-state index is 6.07. The summed E-state index contributed by atoms with van der Waals surface area (Å²) in [6, 6.07) is 6.19. The third kappa shape index (κ3) is 2.87. The van der Waals surface area contributed by atoms with Crippen LogP contribution >= 0.6 is 35.6 Å². The summed E-state index contributed by atoms with van der Waals surface area (Å²) in [7, 11) is 0. The van der Waals surface area contributed by atoms with Gasteiger partial charge in [0.2, 0.25) is 0 Å². The van der Waals surface area contributed by atoms with Gasteiger partial charge < -0.3 is 10.6 Å². The van der Waals surface area contributed by atoms with Gasteiger partial charge in [0.05, 0.1) is 0 Å². The minimum Gasteiger partial charge on any atom is -0.389 e. The van der Waals surface area contributed by atoms with Crippen molar-refractivity contribution in [1.82, 2.24) is 0 Å². The van der Waals surface area contributed by atoms with Crippen LogP contribution in [0.15, 0.2) is 18.2 Å². The lowest BCUT2D eigenvalue weighted by Gasteiger charge is -2.36. The van der Waals surface area contributed by atoms with Gasteiger partial charge in [0.25, 0.3) is 0 Å². The lowest BCUT2D eigenvalue weighted by Crippen LogP contribution is -2.41. The highest BCUT2D eigenvalue weighted by atomic mass is 35.5. The zero-order chi connectivity index (χ0) is 12.4. The van der Waals surface area contributed by atoms with Crippen molar-refractivity contribution in [3.05, 3.63) is 28.8 Å². The molecule has 1 aromatic rings. The van der Waals surface area contributed by atoms with Crippen LogP contribution in [0.25, 0.3) is 0 Å². The standard InChI is InChI=1S/C12H15ClN2S2/c1-8-7-17-5-4-15(8)11-6-9(13)2-3-10(11)12(14)16/h2-3,6,8H,4-5,7H2,1H3,(H2,14,16). The number of hydrogen-bond acceptors (Lipinski definition) is 3. The number of benzene rings is 1. The number of rotatable bonds is 2. The van der Waals surface area contributed by atoms with Crippen LogP contribution in [0.3, 0.4) is 0 Å². The summed E-state index contributed by atoms with van der Waals surface area (Å²) in [5.74, 6) is 2.26. The minimum absolute atomic E-state index is 0.432. The first kappa shape index (κ1) is 13.0. The van der Waals surface area contributed by atoms with Gasteiger partial charge in [-0.05, 0) is 25.1 Å². The summed E-state index contributed by atoms with van der Waals surface area (Å²) in [6.45, 7) is 3.23. The highest BCUT2D eigenvalue weighted by Gasteiger charge is 2.22. The van der Waals surface area contributed by atoms with Crippen molar-refractivity contribution in [3.8, 4) is 0 Å². The van der Waals surface area contributed by atoms with E-state index in [2.05, 4.69) is 11.8 Å². The van der Waals surface area contributed by atoms with E-state index in [1.807, 2.05) is 30.0 Å². The van der Waals surface area contributed by atoms with Crippen molar-refractivity contribution in [2.45, 2.75) is 13.0 Å². The molecule has 1 aromatic carbocycles. The van der Waals surface area contributed by atoms with Gasteiger partial charge >= 0.3 is 0 Å². The molecular weight excluding hydrogens is 272 g/mol. The summed E-state index contributed by atoms with van der Waals surface area (Å²) in [5, 5.41) is 0.727. The Balaban J connectivity index is 2.41. The zero-order valence-corrected chi connectivity index (χ0v) is 12.0. The Morgan fingerprint density at radius 2 is 2.35 bits per heavy atom. The number of thiocarbonyl (C=S) groups is 1. The fourth-order valence-corrected chi connectivity index (χ4v) is 3.39. The minimum atomic E-state index is 0.432. The molecule has 1 aliphatic rings. The predicted octanol–water partition coefficient (Wildman–Crippen LogP) is 2.92. The molecule has 0 radical (unpaired) electrons. The highest BCUT2D eigenvalue weighted by Crippen LogP contribution is 2.29. The summed E-state index contributed by atoms with van der Waals surface area (Å²) >= 11 is 13.2. The molecule has 5 heteroatoms. The Bertz CT molecular complexity index is 437. The second-order valence-electron chi connectivity index (χ2n) is 4.14. The molecular formula is C12H15ClN2S2. The Kier molecular flexibility index (Phi) is 4.17. The van der Waals surface area contributed by atoms with Crippen LogP contribution < -0.4 is 10.6 Å². The van der Waals surface area contributed by atoms with Crippen LogP contribution in [0.1, 0.15) is 12.5 Å². The summed E-state index contributed by atoms with van der Waals surface area (Å²) in [5.41, 5.74) is 7.76. The largest absolute Gasteiger partial charge is 0.389 e. The predicted molar refractivity (Wildman–Crippen MR) is 81.5 cm³/mol. The molecule has 2 nitrogen and oxygen atoms in total. The Hall–Kier alpha value is -0.450.